The Morgan fingerprint density at radius 1 is 1.48 bits per heavy atom. The minimum Gasteiger partial charge on any atom is -0.481 e. The first kappa shape index (κ1) is 15.6. The monoisotopic (exact) mass is 308 g/mol. The van der Waals surface area contributed by atoms with E-state index < -0.39 is 11.6 Å². The molecular formula is C15H17ClN2O3. The van der Waals surface area contributed by atoms with Crippen LogP contribution in [0.1, 0.15) is 31.2 Å². The molecule has 3 N–H and O–H groups in total. The van der Waals surface area contributed by atoms with Crippen LogP contribution in [0.5, 0.6) is 0 Å². The number of hydrogen-bond donors (Lipinski definition) is 3. The lowest BCUT2D eigenvalue weighted by atomic mass is 9.79. The van der Waals surface area contributed by atoms with Crippen LogP contribution in [0.15, 0.2) is 18.2 Å². The van der Waals surface area contributed by atoms with Crippen LogP contribution in [0.4, 0.5) is 5.69 Å². The van der Waals surface area contributed by atoms with Crippen LogP contribution in [0.3, 0.4) is 0 Å². The van der Waals surface area contributed by atoms with E-state index in [0.717, 1.165) is 0 Å². The quantitative estimate of drug-likeness (QED) is 0.795. The van der Waals surface area contributed by atoms with E-state index in [2.05, 4.69) is 11.4 Å². The number of nitriles is 1. The summed E-state index contributed by atoms with van der Waals surface area (Å²) < 4.78 is 0. The Morgan fingerprint density at radius 3 is 2.71 bits per heavy atom. The molecule has 0 amide bonds. The summed E-state index contributed by atoms with van der Waals surface area (Å²) in [5, 5.41) is 32.1. The maximum absolute atomic E-state index is 10.9. The van der Waals surface area contributed by atoms with Crippen molar-refractivity contribution >= 4 is 23.3 Å². The van der Waals surface area contributed by atoms with Crippen LogP contribution in [0.2, 0.25) is 5.02 Å². The number of halogens is 1. The highest BCUT2D eigenvalue weighted by Gasteiger charge is 2.35. The largest absolute Gasteiger partial charge is 0.481 e. The molecule has 0 radical (unpaired) electrons. The van der Waals surface area contributed by atoms with E-state index >= 15 is 0 Å². The molecule has 112 valence electrons. The molecule has 1 saturated carbocycles. The second-order valence-electron chi connectivity index (χ2n) is 5.49. The average molecular weight is 309 g/mol. The summed E-state index contributed by atoms with van der Waals surface area (Å²) in [6, 6.07) is 6.97. The van der Waals surface area contributed by atoms with Crippen molar-refractivity contribution in [1.29, 1.82) is 5.26 Å². The lowest BCUT2D eigenvalue weighted by molar-refractivity contribution is -0.144. The number of benzene rings is 1. The zero-order valence-electron chi connectivity index (χ0n) is 11.5. The van der Waals surface area contributed by atoms with Crippen molar-refractivity contribution in [3.63, 3.8) is 0 Å². The van der Waals surface area contributed by atoms with Gasteiger partial charge >= 0.3 is 5.97 Å². The predicted octanol–water partition coefficient (Wildman–Crippen LogP) is 2.63. The van der Waals surface area contributed by atoms with Crippen molar-refractivity contribution in [2.75, 3.05) is 11.9 Å². The molecule has 0 saturated heterocycles. The van der Waals surface area contributed by atoms with Gasteiger partial charge < -0.3 is 15.5 Å². The van der Waals surface area contributed by atoms with Gasteiger partial charge in [-0.1, -0.05) is 11.6 Å². The topological polar surface area (TPSA) is 93.4 Å². The second-order valence-corrected chi connectivity index (χ2v) is 5.93. The Balaban J connectivity index is 1.99. The summed E-state index contributed by atoms with van der Waals surface area (Å²) in [5.41, 5.74) is 0.0991. The van der Waals surface area contributed by atoms with Crippen molar-refractivity contribution in [3.05, 3.63) is 28.8 Å². The fraction of sp³-hybridized carbons (Fsp3) is 0.467. The SMILES string of the molecule is N#Cc1ccc(Cl)cc1NCC1(O)CCC(C(=O)O)CC1. The smallest absolute Gasteiger partial charge is 0.306 e. The van der Waals surface area contributed by atoms with Gasteiger partial charge in [0.25, 0.3) is 0 Å². The van der Waals surface area contributed by atoms with Crippen LogP contribution in [0, 0.1) is 17.2 Å². The molecule has 21 heavy (non-hydrogen) atoms. The number of anilines is 1. The van der Waals surface area contributed by atoms with Gasteiger partial charge in [-0.25, -0.2) is 0 Å². The Bertz CT molecular complexity index is 575. The minimum absolute atomic E-state index is 0.272. The van der Waals surface area contributed by atoms with Gasteiger partial charge in [0.15, 0.2) is 0 Å². The summed E-state index contributed by atoms with van der Waals surface area (Å²) in [6.45, 7) is 0.272. The molecule has 1 aromatic rings. The number of carbonyl (C=O) groups is 1. The van der Waals surface area contributed by atoms with E-state index in [1.807, 2.05) is 0 Å². The fourth-order valence-electron chi connectivity index (χ4n) is 2.60. The molecule has 1 aliphatic carbocycles. The summed E-state index contributed by atoms with van der Waals surface area (Å²) in [4.78, 5) is 10.9. The molecule has 6 heteroatoms. The Labute approximate surface area is 128 Å². The van der Waals surface area contributed by atoms with Gasteiger partial charge in [0.2, 0.25) is 0 Å². The van der Waals surface area contributed by atoms with Gasteiger partial charge in [-0.05, 0) is 43.9 Å². The molecule has 0 bridgehead atoms. The highest BCUT2D eigenvalue weighted by molar-refractivity contribution is 6.30. The Kier molecular flexibility index (Phi) is 4.71. The van der Waals surface area contributed by atoms with Gasteiger partial charge in [-0.3, -0.25) is 4.79 Å². The number of aliphatic hydroxyl groups is 1. The van der Waals surface area contributed by atoms with E-state index in [4.69, 9.17) is 22.0 Å². The zero-order valence-corrected chi connectivity index (χ0v) is 12.2. The lowest BCUT2D eigenvalue weighted by Crippen LogP contribution is -2.41. The molecule has 0 aromatic heterocycles. The van der Waals surface area contributed by atoms with Crippen molar-refractivity contribution in [2.24, 2.45) is 5.92 Å². The van der Waals surface area contributed by atoms with E-state index in [1.165, 1.54) is 0 Å². The number of carboxylic acid groups (broad SMARTS) is 1. The summed E-state index contributed by atoms with van der Waals surface area (Å²) in [6.07, 6.45) is 1.79. The summed E-state index contributed by atoms with van der Waals surface area (Å²) in [7, 11) is 0. The number of aliphatic carboxylic acids is 1. The van der Waals surface area contributed by atoms with Crippen molar-refractivity contribution in [1.82, 2.24) is 0 Å². The molecule has 5 nitrogen and oxygen atoms in total. The Hall–Kier alpha value is -1.77. The minimum atomic E-state index is -0.943. The maximum atomic E-state index is 10.9. The third-order valence-electron chi connectivity index (χ3n) is 3.98. The van der Waals surface area contributed by atoms with Crippen LogP contribution in [-0.4, -0.2) is 28.3 Å². The van der Waals surface area contributed by atoms with Gasteiger partial charge in [-0.15, -0.1) is 0 Å². The molecule has 1 aliphatic rings. The van der Waals surface area contributed by atoms with Gasteiger partial charge in [0, 0.05) is 11.6 Å². The molecule has 1 aromatic carbocycles. The molecule has 2 rings (SSSR count). The summed E-state index contributed by atoms with van der Waals surface area (Å²) in [5.74, 6) is -1.17. The molecular weight excluding hydrogens is 292 g/mol. The van der Waals surface area contributed by atoms with Crippen LogP contribution in [0.25, 0.3) is 0 Å². The van der Waals surface area contributed by atoms with E-state index in [1.54, 1.807) is 18.2 Å². The van der Waals surface area contributed by atoms with Crippen LogP contribution >= 0.6 is 11.6 Å². The zero-order chi connectivity index (χ0) is 15.5. The molecule has 0 unspecified atom stereocenters. The first-order valence-corrected chi connectivity index (χ1v) is 7.20. The standard InChI is InChI=1S/C15H17ClN2O3/c16-12-2-1-11(8-17)13(7-12)18-9-15(21)5-3-10(4-6-15)14(19)20/h1-2,7,10,18,21H,3-6,9H2,(H,19,20). The first-order valence-electron chi connectivity index (χ1n) is 6.82. The number of rotatable bonds is 4. The predicted molar refractivity (Wildman–Crippen MR) is 79.2 cm³/mol. The van der Waals surface area contributed by atoms with Crippen molar-refractivity contribution in [3.8, 4) is 6.07 Å². The molecule has 0 atom stereocenters. The molecule has 0 heterocycles. The molecule has 1 fully saturated rings. The number of carboxylic acids is 1. The second kappa shape index (κ2) is 6.33. The fourth-order valence-corrected chi connectivity index (χ4v) is 2.77. The highest BCUT2D eigenvalue weighted by atomic mass is 35.5. The van der Waals surface area contributed by atoms with Gasteiger partial charge in [0.1, 0.15) is 6.07 Å². The maximum Gasteiger partial charge on any atom is 0.306 e. The third kappa shape index (κ3) is 3.87. The summed E-state index contributed by atoms with van der Waals surface area (Å²) >= 11 is 5.91. The molecule has 0 spiro atoms. The van der Waals surface area contributed by atoms with Gasteiger partial charge in [0.05, 0.1) is 22.8 Å². The van der Waals surface area contributed by atoms with Crippen LogP contribution in [-0.2, 0) is 4.79 Å². The van der Waals surface area contributed by atoms with E-state index in [-0.39, 0.29) is 12.5 Å². The Morgan fingerprint density at radius 2 is 2.14 bits per heavy atom. The normalized spacial score (nSPS) is 25.1. The van der Waals surface area contributed by atoms with E-state index in [9.17, 15) is 9.90 Å². The average Bonchev–Trinajstić information content (AvgIpc) is 2.46. The van der Waals surface area contributed by atoms with E-state index in [0.29, 0.717) is 42.0 Å². The van der Waals surface area contributed by atoms with Gasteiger partial charge in [-0.2, -0.15) is 5.26 Å². The van der Waals surface area contributed by atoms with Crippen molar-refractivity contribution < 1.29 is 15.0 Å². The number of nitrogens with one attached hydrogen (secondary N) is 1. The number of hydrogen-bond acceptors (Lipinski definition) is 4. The third-order valence-corrected chi connectivity index (χ3v) is 4.21. The molecule has 0 aliphatic heterocycles. The first-order chi connectivity index (χ1) is 9.93. The lowest BCUT2D eigenvalue weighted by Gasteiger charge is -2.35. The highest BCUT2D eigenvalue weighted by Crippen LogP contribution is 2.33. The van der Waals surface area contributed by atoms with Crippen molar-refractivity contribution in [2.45, 2.75) is 31.3 Å². The van der Waals surface area contributed by atoms with Crippen LogP contribution < -0.4 is 5.32 Å². The number of nitrogens with zero attached hydrogens (tertiary/aromatic N) is 1.